The van der Waals surface area contributed by atoms with E-state index in [0.29, 0.717) is 0 Å². The van der Waals surface area contributed by atoms with Crippen LogP contribution in [0.1, 0.15) is 26.2 Å². The average Bonchev–Trinajstić information content (AvgIpc) is 2.72. The van der Waals surface area contributed by atoms with Crippen LogP contribution in [0, 0.1) is 5.92 Å². The van der Waals surface area contributed by atoms with E-state index in [4.69, 9.17) is 0 Å². The highest BCUT2D eigenvalue weighted by atomic mass is 15.1. The van der Waals surface area contributed by atoms with Crippen LogP contribution < -0.4 is 5.32 Å². The molecular formula is C10H20N2. The molecule has 1 saturated carbocycles. The largest absolute Gasteiger partial charge is 0.311 e. The second-order valence-electron chi connectivity index (χ2n) is 4.56. The normalized spacial score (nSPS) is 38.5. The van der Waals surface area contributed by atoms with Crippen molar-refractivity contribution in [3.63, 3.8) is 0 Å². The minimum absolute atomic E-state index is 0.816. The van der Waals surface area contributed by atoms with Gasteiger partial charge in [-0.3, -0.25) is 0 Å². The Hall–Kier alpha value is -0.0800. The van der Waals surface area contributed by atoms with Gasteiger partial charge in [-0.05, 0) is 45.3 Å². The van der Waals surface area contributed by atoms with Gasteiger partial charge in [0.25, 0.3) is 0 Å². The molecule has 2 heteroatoms. The zero-order valence-electron chi connectivity index (χ0n) is 8.21. The third-order valence-corrected chi connectivity index (χ3v) is 3.28. The van der Waals surface area contributed by atoms with E-state index in [9.17, 15) is 0 Å². The number of hydrogen-bond donors (Lipinski definition) is 1. The van der Waals surface area contributed by atoms with Crippen LogP contribution in [0.15, 0.2) is 0 Å². The van der Waals surface area contributed by atoms with Gasteiger partial charge in [-0.1, -0.05) is 6.92 Å². The van der Waals surface area contributed by atoms with E-state index in [2.05, 4.69) is 24.2 Å². The summed E-state index contributed by atoms with van der Waals surface area (Å²) in [7, 11) is 2.22. The van der Waals surface area contributed by atoms with Gasteiger partial charge in [-0.25, -0.2) is 0 Å². The molecule has 0 aromatic heterocycles. The second kappa shape index (κ2) is 3.35. The first kappa shape index (κ1) is 8.52. The molecule has 1 aliphatic carbocycles. The van der Waals surface area contributed by atoms with Gasteiger partial charge in [-0.2, -0.15) is 0 Å². The lowest BCUT2D eigenvalue weighted by atomic mass is 10.1. The van der Waals surface area contributed by atoms with Crippen LogP contribution in [-0.4, -0.2) is 37.1 Å². The van der Waals surface area contributed by atoms with E-state index in [1.54, 1.807) is 0 Å². The molecule has 2 rings (SSSR count). The Kier molecular flexibility index (Phi) is 2.37. The molecule has 0 aromatic carbocycles. The Labute approximate surface area is 75.3 Å². The van der Waals surface area contributed by atoms with E-state index in [1.807, 2.05) is 0 Å². The number of hydrogen-bond acceptors (Lipinski definition) is 2. The molecule has 2 fully saturated rings. The van der Waals surface area contributed by atoms with Crippen LogP contribution >= 0.6 is 0 Å². The summed E-state index contributed by atoms with van der Waals surface area (Å²) in [6, 6.07) is 1.68. The number of nitrogens with one attached hydrogen (secondary N) is 1. The van der Waals surface area contributed by atoms with Gasteiger partial charge in [-0.15, -0.1) is 0 Å². The molecule has 12 heavy (non-hydrogen) atoms. The van der Waals surface area contributed by atoms with Crippen molar-refractivity contribution >= 4 is 0 Å². The summed E-state index contributed by atoms with van der Waals surface area (Å²) in [4.78, 5) is 2.43. The lowest BCUT2D eigenvalue weighted by Crippen LogP contribution is -2.41. The average molecular weight is 168 g/mol. The predicted octanol–water partition coefficient (Wildman–Crippen LogP) is 1.08. The predicted molar refractivity (Wildman–Crippen MR) is 51.2 cm³/mol. The van der Waals surface area contributed by atoms with Gasteiger partial charge in [0, 0.05) is 12.1 Å². The first-order valence-electron chi connectivity index (χ1n) is 5.20. The fourth-order valence-electron chi connectivity index (χ4n) is 2.03. The molecular weight excluding hydrogens is 148 g/mol. The Morgan fingerprint density at radius 3 is 2.33 bits per heavy atom. The fourth-order valence-corrected chi connectivity index (χ4v) is 2.03. The van der Waals surface area contributed by atoms with Crippen LogP contribution in [0.2, 0.25) is 0 Å². The van der Waals surface area contributed by atoms with Crippen molar-refractivity contribution in [1.82, 2.24) is 10.2 Å². The summed E-state index contributed by atoms with van der Waals surface area (Å²) < 4.78 is 0. The fraction of sp³-hybridized carbons (Fsp3) is 1.00. The molecule has 1 aliphatic heterocycles. The molecule has 0 radical (unpaired) electrons. The van der Waals surface area contributed by atoms with Crippen molar-refractivity contribution in [3.05, 3.63) is 0 Å². The summed E-state index contributed by atoms with van der Waals surface area (Å²) >= 11 is 0. The molecule has 2 unspecified atom stereocenters. The molecule has 1 saturated heterocycles. The molecule has 2 atom stereocenters. The van der Waals surface area contributed by atoms with Crippen molar-refractivity contribution < 1.29 is 0 Å². The van der Waals surface area contributed by atoms with Crippen LogP contribution in [0.25, 0.3) is 0 Å². The lowest BCUT2D eigenvalue weighted by molar-refractivity contribution is 0.232. The molecule has 1 N–H and O–H groups in total. The van der Waals surface area contributed by atoms with Crippen LogP contribution in [-0.2, 0) is 0 Å². The Balaban J connectivity index is 1.68. The SMILES string of the molecule is CC1CC1NC1CCN(C)CC1. The lowest BCUT2D eigenvalue weighted by Gasteiger charge is -2.29. The molecule has 2 aliphatic rings. The highest BCUT2D eigenvalue weighted by Crippen LogP contribution is 2.30. The molecule has 1 heterocycles. The summed E-state index contributed by atoms with van der Waals surface area (Å²) in [6.07, 6.45) is 4.10. The van der Waals surface area contributed by atoms with Gasteiger partial charge in [0.2, 0.25) is 0 Å². The van der Waals surface area contributed by atoms with Crippen LogP contribution in [0.5, 0.6) is 0 Å². The van der Waals surface area contributed by atoms with Gasteiger partial charge >= 0.3 is 0 Å². The Bertz CT molecular complexity index is 150. The minimum Gasteiger partial charge on any atom is -0.311 e. The summed E-state index contributed by atoms with van der Waals surface area (Å²) in [5.41, 5.74) is 0. The standard InChI is InChI=1S/C10H20N2/c1-8-7-10(8)11-9-3-5-12(2)6-4-9/h8-11H,3-7H2,1-2H3. The summed E-state index contributed by atoms with van der Waals surface area (Å²) in [5.74, 6) is 0.949. The van der Waals surface area contributed by atoms with Crippen molar-refractivity contribution in [1.29, 1.82) is 0 Å². The Morgan fingerprint density at radius 2 is 1.83 bits per heavy atom. The van der Waals surface area contributed by atoms with Gasteiger partial charge in [0.15, 0.2) is 0 Å². The third kappa shape index (κ3) is 1.99. The molecule has 0 aromatic rings. The maximum atomic E-state index is 3.74. The van der Waals surface area contributed by atoms with Crippen molar-refractivity contribution in [2.45, 2.75) is 38.3 Å². The third-order valence-electron chi connectivity index (χ3n) is 3.28. The highest BCUT2D eigenvalue weighted by Gasteiger charge is 2.34. The van der Waals surface area contributed by atoms with Crippen molar-refractivity contribution in [3.8, 4) is 0 Å². The molecule has 70 valence electrons. The van der Waals surface area contributed by atoms with Crippen molar-refractivity contribution in [2.75, 3.05) is 20.1 Å². The molecule has 2 nitrogen and oxygen atoms in total. The number of nitrogens with zero attached hydrogens (tertiary/aromatic N) is 1. The first-order chi connectivity index (χ1) is 5.75. The maximum absolute atomic E-state index is 3.74. The van der Waals surface area contributed by atoms with Crippen molar-refractivity contribution in [2.24, 2.45) is 5.92 Å². The van der Waals surface area contributed by atoms with E-state index in [-0.39, 0.29) is 0 Å². The second-order valence-corrected chi connectivity index (χ2v) is 4.56. The minimum atomic E-state index is 0.816. The Morgan fingerprint density at radius 1 is 1.25 bits per heavy atom. The topological polar surface area (TPSA) is 15.3 Å². The van der Waals surface area contributed by atoms with Crippen LogP contribution in [0.3, 0.4) is 0 Å². The quantitative estimate of drug-likeness (QED) is 0.663. The number of rotatable bonds is 2. The van der Waals surface area contributed by atoms with E-state index >= 15 is 0 Å². The smallest absolute Gasteiger partial charge is 0.00989 e. The zero-order valence-corrected chi connectivity index (χ0v) is 8.21. The number of piperidine rings is 1. The maximum Gasteiger partial charge on any atom is 0.00989 e. The highest BCUT2D eigenvalue weighted by molar-refractivity contribution is 4.92. The van der Waals surface area contributed by atoms with Crippen LogP contribution in [0.4, 0.5) is 0 Å². The molecule has 0 spiro atoms. The van der Waals surface area contributed by atoms with E-state index < -0.39 is 0 Å². The first-order valence-corrected chi connectivity index (χ1v) is 5.20. The van der Waals surface area contributed by atoms with Gasteiger partial charge < -0.3 is 10.2 Å². The molecule has 0 amide bonds. The van der Waals surface area contributed by atoms with E-state index in [0.717, 1.165) is 18.0 Å². The molecule has 0 bridgehead atoms. The monoisotopic (exact) mass is 168 g/mol. The van der Waals surface area contributed by atoms with Gasteiger partial charge in [0.1, 0.15) is 0 Å². The summed E-state index contributed by atoms with van der Waals surface area (Å²) in [5, 5.41) is 3.74. The van der Waals surface area contributed by atoms with E-state index in [1.165, 1.54) is 32.4 Å². The van der Waals surface area contributed by atoms with Gasteiger partial charge in [0.05, 0.1) is 0 Å². The zero-order chi connectivity index (χ0) is 8.55. The number of likely N-dealkylation sites (tertiary alicyclic amines) is 1. The summed E-state index contributed by atoms with van der Waals surface area (Å²) in [6.45, 7) is 4.89.